The highest BCUT2D eigenvalue weighted by molar-refractivity contribution is 7.12. The van der Waals surface area contributed by atoms with E-state index in [0.717, 1.165) is 21.0 Å². The quantitative estimate of drug-likeness (QED) is 0.878. The van der Waals surface area contributed by atoms with Gasteiger partial charge in [0.25, 0.3) is 0 Å². The fraction of sp³-hybridized carbons (Fsp3) is 0.188. The van der Waals surface area contributed by atoms with Crippen LogP contribution < -0.4 is 10.4 Å². The zero-order valence-electron chi connectivity index (χ0n) is 11.9. The fourth-order valence-corrected chi connectivity index (χ4v) is 2.56. The summed E-state index contributed by atoms with van der Waals surface area (Å²) in [6, 6.07) is 5.73. The van der Waals surface area contributed by atoms with Crippen LogP contribution in [0.2, 0.25) is 0 Å². The monoisotopic (exact) mass is 300 g/mol. The van der Waals surface area contributed by atoms with Gasteiger partial charge in [-0.3, -0.25) is 0 Å². The Hall–Kier alpha value is -2.27. The highest BCUT2D eigenvalue weighted by Gasteiger charge is 2.10. The molecule has 2 aromatic rings. The second-order valence-electron chi connectivity index (χ2n) is 4.87. The van der Waals surface area contributed by atoms with Gasteiger partial charge >= 0.3 is 5.97 Å². The number of allylic oxidation sites excluding steroid dienone is 1. The lowest BCUT2D eigenvalue weighted by Crippen LogP contribution is -2.24. The first kappa shape index (κ1) is 15.1. The van der Waals surface area contributed by atoms with E-state index in [4.69, 9.17) is 0 Å². The van der Waals surface area contributed by atoms with Gasteiger partial charge in [0, 0.05) is 11.1 Å². The van der Waals surface area contributed by atoms with Gasteiger partial charge < -0.3 is 5.11 Å². The normalized spacial score (nSPS) is 12.9. The van der Waals surface area contributed by atoms with Gasteiger partial charge in [-0.2, -0.15) is 0 Å². The molecule has 1 N–H and O–H groups in total. The Kier molecular flexibility index (Phi) is 4.65. The van der Waals surface area contributed by atoms with Crippen molar-refractivity contribution in [2.24, 2.45) is 5.92 Å². The standard InChI is InChI=1S/C16H16N2O2S/c1-10(2)12(16(19)20)7-8-13-11(3)5-4-6-14(13)15-18-17-9-21-15/h4-10H,3H2,1-2H3,(H,19,20)/b12-7+,13-8+. The number of nitrogens with zero attached hydrogens (tertiary/aromatic N) is 2. The Morgan fingerprint density at radius 2 is 2.19 bits per heavy atom. The number of benzene rings is 1. The molecule has 5 heteroatoms. The number of rotatable bonds is 4. The van der Waals surface area contributed by atoms with Gasteiger partial charge in [0.15, 0.2) is 0 Å². The van der Waals surface area contributed by atoms with Crippen LogP contribution in [0.5, 0.6) is 0 Å². The van der Waals surface area contributed by atoms with E-state index in [0.29, 0.717) is 5.57 Å². The molecular weight excluding hydrogens is 284 g/mol. The summed E-state index contributed by atoms with van der Waals surface area (Å²) in [5.74, 6) is -0.957. The Morgan fingerprint density at radius 3 is 2.76 bits per heavy atom. The number of aliphatic carboxylic acids is 1. The minimum atomic E-state index is -0.903. The Bertz CT molecular complexity index is 777. The van der Waals surface area contributed by atoms with E-state index < -0.39 is 5.97 Å². The number of hydrogen-bond acceptors (Lipinski definition) is 4. The maximum atomic E-state index is 11.2. The van der Waals surface area contributed by atoms with Crippen LogP contribution in [0.25, 0.3) is 23.2 Å². The van der Waals surface area contributed by atoms with Gasteiger partial charge in [0.2, 0.25) is 0 Å². The van der Waals surface area contributed by atoms with Crippen molar-refractivity contribution >= 4 is 30.0 Å². The maximum absolute atomic E-state index is 11.2. The van der Waals surface area contributed by atoms with E-state index in [-0.39, 0.29) is 5.92 Å². The molecule has 1 heterocycles. The van der Waals surface area contributed by atoms with Crippen molar-refractivity contribution in [3.63, 3.8) is 0 Å². The predicted octanol–water partition coefficient (Wildman–Crippen LogP) is 2.06. The minimum absolute atomic E-state index is 0.0549. The molecule has 21 heavy (non-hydrogen) atoms. The van der Waals surface area contributed by atoms with Crippen molar-refractivity contribution in [1.29, 1.82) is 0 Å². The van der Waals surface area contributed by atoms with E-state index >= 15 is 0 Å². The molecule has 0 unspecified atom stereocenters. The molecule has 1 aromatic carbocycles. The molecule has 0 aliphatic rings. The van der Waals surface area contributed by atoms with Gasteiger partial charge in [-0.25, -0.2) is 4.79 Å². The van der Waals surface area contributed by atoms with Crippen LogP contribution in [0.3, 0.4) is 0 Å². The second-order valence-corrected chi connectivity index (χ2v) is 5.70. The van der Waals surface area contributed by atoms with Gasteiger partial charge in [-0.15, -0.1) is 10.2 Å². The van der Waals surface area contributed by atoms with Gasteiger partial charge in [-0.05, 0) is 16.4 Å². The smallest absolute Gasteiger partial charge is 0.331 e. The molecule has 0 radical (unpaired) electrons. The fourth-order valence-electron chi connectivity index (χ4n) is 1.97. The number of hydrogen-bond donors (Lipinski definition) is 1. The predicted molar refractivity (Wildman–Crippen MR) is 85.1 cm³/mol. The van der Waals surface area contributed by atoms with Crippen LogP contribution in [-0.4, -0.2) is 21.3 Å². The van der Waals surface area contributed by atoms with Crippen molar-refractivity contribution in [1.82, 2.24) is 10.2 Å². The number of carbonyl (C=O) groups is 1. The van der Waals surface area contributed by atoms with Crippen LogP contribution in [0.15, 0.2) is 35.4 Å². The number of aromatic nitrogens is 2. The first-order chi connectivity index (χ1) is 10.0. The number of carboxylic acid groups (broad SMARTS) is 1. The third-order valence-corrected chi connectivity index (χ3v) is 3.81. The van der Waals surface area contributed by atoms with Crippen molar-refractivity contribution in [2.45, 2.75) is 13.8 Å². The van der Waals surface area contributed by atoms with E-state index in [1.165, 1.54) is 11.3 Å². The molecule has 0 spiro atoms. The molecule has 0 amide bonds. The highest BCUT2D eigenvalue weighted by atomic mass is 32.1. The third kappa shape index (κ3) is 3.44. The zero-order chi connectivity index (χ0) is 15.4. The summed E-state index contributed by atoms with van der Waals surface area (Å²) in [7, 11) is 0. The first-order valence-electron chi connectivity index (χ1n) is 6.50. The molecule has 0 aliphatic carbocycles. The van der Waals surface area contributed by atoms with Crippen LogP contribution in [0.4, 0.5) is 0 Å². The maximum Gasteiger partial charge on any atom is 0.331 e. The Balaban J connectivity index is 2.64. The topological polar surface area (TPSA) is 63.1 Å². The third-order valence-electron chi connectivity index (χ3n) is 3.09. The van der Waals surface area contributed by atoms with Crippen LogP contribution in [0, 0.1) is 5.92 Å². The molecule has 1 aromatic heterocycles. The summed E-state index contributed by atoms with van der Waals surface area (Å²) in [4.78, 5) is 11.2. The van der Waals surface area contributed by atoms with Gasteiger partial charge in [0.05, 0.1) is 0 Å². The molecule has 0 bridgehead atoms. The molecule has 0 aliphatic heterocycles. The highest BCUT2D eigenvalue weighted by Crippen LogP contribution is 2.15. The molecule has 4 nitrogen and oxygen atoms in total. The average molecular weight is 300 g/mol. The second kappa shape index (κ2) is 6.45. The minimum Gasteiger partial charge on any atom is -0.478 e. The SMILES string of the molecule is C=c1cccc(-c2nncs2)/c1=C/C=C(/C(=O)O)C(C)C. The van der Waals surface area contributed by atoms with Crippen molar-refractivity contribution in [3.05, 3.63) is 45.8 Å². The Labute approximate surface area is 126 Å². The summed E-state index contributed by atoms with van der Waals surface area (Å²) in [5.41, 5.74) is 2.94. The summed E-state index contributed by atoms with van der Waals surface area (Å²) in [6.45, 7) is 7.72. The zero-order valence-corrected chi connectivity index (χ0v) is 12.7. The van der Waals surface area contributed by atoms with Crippen LogP contribution in [0.1, 0.15) is 13.8 Å². The van der Waals surface area contributed by atoms with Crippen molar-refractivity contribution in [3.8, 4) is 10.6 Å². The molecule has 108 valence electrons. The van der Waals surface area contributed by atoms with Crippen LogP contribution in [-0.2, 0) is 4.79 Å². The number of carboxylic acids is 1. The molecule has 0 saturated heterocycles. The van der Waals surface area contributed by atoms with E-state index in [1.54, 1.807) is 17.7 Å². The average Bonchev–Trinajstić information content (AvgIpc) is 2.93. The molecule has 0 atom stereocenters. The van der Waals surface area contributed by atoms with Gasteiger partial charge in [0.1, 0.15) is 10.5 Å². The summed E-state index contributed by atoms with van der Waals surface area (Å²) in [6.07, 6.45) is 3.43. The summed E-state index contributed by atoms with van der Waals surface area (Å²) < 4.78 is 0. The lowest BCUT2D eigenvalue weighted by Gasteiger charge is -2.04. The van der Waals surface area contributed by atoms with Gasteiger partial charge in [-0.1, -0.05) is 62.1 Å². The lowest BCUT2D eigenvalue weighted by atomic mass is 10.0. The van der Waals surface area contributed by atoms with Crippen molar-refractivity contribution in [2.75, 3.05) is 0 Å². The van der Waals surface area contributed by atoms with E-state index in [1.807, 2.05) is 32.0 Å². The van der Waals surface area contributed by atoms with E-state index in [2.05, 4.69) is 16.8 Å². The molecular formula is C16H16N2O2S. The summed E-state index contributed by atoms with van der Waals surface area (Å²) in [5, 5.41) is 19.6. The Morgan fingerprint density at radius 1 is 1.43 bits per heavy atom. The van der Waals surface area contributed by atoms with Crippen molar-refractivity contribution < 1.29 is 9.90 Å². The largest absolute Gasteiger partial charge is 0.478 e. The molecule has 0 saturated carbocycles. The molecule has 0 fully saturated rings. The van der Waals surface area contributed by atoms with Crippen LogP contribution >= 0.6 is 11.3 Å². The molecule has 2 rings (SSSR count). The lowest BCUT2D eigenvalue weighted by molar-refractivity contribution is -0.133. The summed E-state index contributed by atoms with van der Waals surface area (Å²) >= 11 is 1.44. The first-order valence-corrected chi connectivity index (χ1v) is 7.38. The van der Waals surface area contributed by atoms with E-state index in [9.17, 15) is 9.90 Å².